The van der Waals surface area contributed by atoms with Crippen LogP contribution in [0.5, 0.6) is 0 Å². The van der Waals surface area contributed by atoms with Gasteiger partial charge in [-0.3, -0.25) is 0 Å². The molecule has 25 heavy (non-hydrogen) atoms. The van der Waals surface area contributed by atoms with Gasteiger partial charge in [-0.1, -0.05) is 54.6 Å². The van der Waals surface area contributed by atoms with Gasteiger partial charge in [-0.25, -0.2) is 4.39 Å². The van der Waals surface area contributed by atoms with E-state index in [2.05, 4.69) is 41.3 Å². The standard InChI is InChI=1S/C22H16FNO/c23-17-12-9-16(10-13-17)22-18-6-2-4-8-20(18)24-19-7-3-1-5-15(19)11-14-21(24)25-22/h1-14,21-22H. The molecule has 3 aromatic rings. The minimum absolute atomic E-state index is 0.181. The van der Waals surface area contributed by atoms with Gasteiger partial charge in [0.15, 0.2) is 6.23 Å². The van der Waals surface area contributed by atoms with Crippen LogP contribution in [0.25, 0.3) is 6.08 Å². The van der Waals surface area contributed by atoms with Crippen LogP contribution in [0, 0.1) is 5.82 Å². The van der Waals surface area contributed by atoms with Crippen LogP contribution in [0.1, 0.15) is 22.8 Å². The van der Waals surface area contributed by atoms with Crippen molar-refractivity contribution in [3.8, 4) is 0 Å². The molecule has 0 aliphatic carbocycles. The third-order valence-electron chi connectivity index (χ3n) is 4.82. The summed E-state index contributed by atoms with van der Waals surface area (Å²) in [4.78, 5) is 2.23. The summed E-state index contributed by atoms with van der Waals surface area (Å²) in [6, 6.07) is 23.2. The molecule has 5 rings (SSSR count). The lowest BCUT2D eigenvalue weighted by molar-refractivity contribution is 0.0302. The first-order chi connectivity index (χ1) is 12.3. The zero-order valence-electron chi connectivity index (χ0n) is 13.5. The minimum atomic E-state index is -0.235. The number of rotatable bonds is 1. The molecule has 0 aromatic heterocycles. The minimum Gasteiger partial charge on any atom is -0.342 e. The van der Waals surface area contributed by atoms with Crippen molar-refractivity contribution >= 4 is 17.5 Å². The third kappa shape index (κ3) is 2.28. The van der Waals surface area contributed by atoms with Crippen molar-refractivity contribution in [3.63, 3.8) is 0 Å². The van der Waals surface area contributed by atoms with E-state index >= 15 is 0 Å². The van der Waals surface area contributed by atoms with Crippen molar-refractivity contribution in [3.05, 3.63) is 101 Å². The second-order valence-corrected chi connectivity index (χ2v) is 6.30. The van der Waals surface area contributed by atoms with Crippen molar-refractivity contribution in [2.24, 2.45) is 0 Å². The Morgan fingerprint density at radius 3 is 2.36 bits per heavy atom. The van der Waals surface area contributed by atoms with Gasteiger partial charge >= 0.3 is 0 Å². The average molecular weight is 329 g/mol. The highest BCUT2D eigenvalue weighted by atomic mass is 19.1. The summed E-state index contributed by atoms with van der Waals surface area (Å²) in [5.41, 5.74) is 5.50. The van der Waals surface area contributed by atoms with Crippen LogP contribution >= 0.6 is 0 Å². The first kappa shape index (κ1) is 14.4. The molecule has 0 radical (unpaired) electrons. The summed E-state index contributed by atoms with van der Waals surface area (Å²) in [6.07, 6.45) is 3.79. The molecule has 0 amide bonds. The van der Waals surface area contributed by atoms with Gasteiger partial charge < -0.3 is 9.64 Å². The Morgan fingerprint density at radius 2 is 1.52 bits per heavy atom. The highest BCUT2D eigenvalue weighted by Crippen LogP contribution is 2.46. The van der Waals surface area contributed by atoms with Gasteiger partial charge in [-0.15, -0.1) is 0 Å². The Labute approximate surface area is 145 Å². The summed E-state index contributed by atoms with van der Waals surface area (Å²) in [5.74, 6) is -0.235. The summed E-state index contributed by atoms with van der Waals surface area (Å²) in [6.45, 7) is 0. The van der Waals surface area contributed by atoms with Gasteiger partial charge in [0, 0.05) is 5.56 Å². The van der Waals surface area contributed by atoms with Crippen LogP contribution in [0.4, 0.5) is 15.8 Å². The monoisotopic (exact) mass is 329 g/mol. The summed E-state index contributed by atoms with van der Waals surface area (Å²) in [7, 11) is 0. The van der Waals surface area contributed by atoms with Crippen LogP contribution < -0.4 is 4.90 Å². The molecule has 0 saturated heterocycles. The van der Waals surface area contributed by atoms with Gasteiger partial charge in [0.05, 0.1) is 11.4 Å². The summed E-state index contributed by atoms with van der Waals surface area (Å²) >= 11 is 0. The fraction of sp³-hybridized carbons (Fsp3) is 0.0909. The number of anilines is 2. The van der Waals surface area contributed by atoms with Crippen molar-refractivity contribution in [1.29, 1.82) is 0 Å². The SMILES string of the molecule is Fc1ccc(C2OC3C=Cc4ccccc4N3c3ccccc32)cc1. The second kappa shape index (κ2) is 5.57. The molecule has 2 unspecified atom stereocenters. The maximum absolute atomic E-state index is 13.3. The van der Waals surface area contributed by atoms with Gasteiger partial charge in [-0.2, -0.15) is 0 Å². The van der Waals surface area contributed by atoms with Crippen LogP contribution in [-0.2, 0) is 4.74 Å². The van der Waals surface area contributed by atoms with E-state index in [4.69, 9.17) is 4.74 Å². The molecule has 0 bridgehead atoms. The third-order valence-corrected chi connectivity index (χ3v) is 4.82. The van der Waals surface area contributed by atoms with Gasteiger partial charge in [-0.05, 0) is 41.5 Å². The number of para-hydroxylation sites is 2. The predicted octanol–water partition coefficient (Wildman–Crippen LogP) is 5.44. The molecule has 2 aliphatic rings. The van der Waals surface area contributed by atoms with Crippen LogP contribution in [0.2, 0.25) is 0 Å². The molecule has 122 valence electrons. The van der Waals surface area contributed by atoms with E-state index in [1.54, 1.807) is 12.1 Å². The molecule has 0 saturated carbocycles. The number of ether oxygens (including phenoxy) is 1. The van der Waals surface area contributed by atoms with E-state index in [0.717, 1.165) is 22.5 Å². The van der Waals surface area contributed by atoms with Gasteiger partial charge in [0.2, 0.25) is 0 Å². The van der Waals surface area contributed by atoms with E-state index < -0.39 is 0 Å². The molecule has 3 aromatic carbocycles. The average Bonchev–Trinajstić information content (AvgIpc) is 2.67. The number of nitrogens with zero attached hydrogens (tertiary/aromatic N) is 1. The Balaban J connectivity index is 1.67. The number of benzene rings is 3. The Hall–Kier alpha value is -2.91. The van der Waals surface area contributed by atoms with Gasteiger partial charge in [0.1, 0.15) is 11.9 Å². The highest BCUT2D eigenvalue weighted by Gasteiger charge is 2.35. The molecular formula is C22H16FNO. The first-order valence-corrected chi connectivity index (χ1v) is 8.37. The molecule has 2 atom stereocenters. The molecule has 2 nitrogen and oxygen atoms in total. The van der Waals surface area contributed by atoms with Crippen molar-refractivity contribution < 1.29 is 9.13 Å². The number of hydrogen-bond donors (Lipinski definition) is 0. The number of hydrogen-bond acceptors (Lipinski definition) is 2. The molecule has 2 aliphatic heterocycles. The van der Waals surface area contributed by atoms with E-state index in [0.29, 0.717) is 0 Å². The number of fused-ring (bicyclic) bond motifs is 5. The molecule has 3 heteroatoms. The second-order valence-electron chi connectivity index (χ2n) is 6.30. The lowest BCUT2D eigenvalue weighted by Crippen LogP contribution is -2.40. The summed E-state index contributed by atoms with van der Waals surface area (Å²) in [5, 5.41) is 0. The zero-order chi connectivity index (χ0) is 16.8. The van der Waals surface area contributed by atoms with Gasteiger partial charge in [0.25, 0.3) is 0 Å². The van der Waals surface area contributed by atoms with Crippen molar-refractivity contribution in [2.75, 3.05) is 4.90 Å². The summed E-state index contributed by atoms with van der Waals surface area (Å²) < 4.78 is 19.7. The fourth-order valence-electron chi connectivity index (χ4n) is 3.67. The van der Waals surface area contributed by atoms with E-state index in [-0.39, 0.29) is 18.1 Å². The topological polar surface area (TPSA) is 12.5 Å². The fourth-order valence-corrected chi connectivity index (χ4v) is 3.67. The predicted molar refractivity (Wildman–Crippen MR) is 97.2 cm³/mol. The smallest absolute Gasteiger partial charge is 0.155 e. The van der Waals surface area contributed by atoms with Crippen LogP contribution in [-0.4, -0.2) is 6.23 Å². The molecule has 0 N–H and O–H groups in total. The van der Waals surface area contributed by atoms with Crippen LogP contribution in [0.3, 0.4) is 0 Å². The number of halogens is 1. The zero-order valence-corrected chi connectivity index (χ0v) is 13.5. The molecular weight excluding hydrogens is 313 g/mol. The Morgan fingerprint density at radius 1 is 0.800 bits per heavy atom. The van der Waals surface area contributed by atoms with Crippen LogP contribution in [0.15, 0.2) is 78.9 Å². The first-order valence-electron chi connectivity index (χ1n) is 8.37. The highest BCUT2D eigenvalue weighted by molar-refractivity contribution is 5.80. The van der Waals surface area contributed by atoms with E-state index in [1.165, 1.54) is 17.7 Å². The lowest BCUT2D eigenvalue weighted by atomic mass is 9.95. The molecule has 2 heterocycles. The maximum Gasteiger partial charge on any atom is 0.155 e. The lowest BCUT2D eigenvalue weighted by Gasteiger charge is -2.43. The van der Waals surface area contributed by atoms with E-state index in [9.17, 15) is 4.39 Å². The van der Waals surface area contributed by atoms with E-state index in [1.807, 2.05) is 24.3 Å². The largest absolute Gasteiger partial charge is 0.342 e. The normalized spacial score (nSPS) is 20.6. The van der Waals surface area contributed by atoms with Crippen molar-refractivity contribution in [1.82, 2.24) is 0 Å². The Kier molecular flexibility index (Phi) is 3.22. The molecule has 0 fully saturated rings. The quantitative estimate of drug-likeness (QED) is 0.590. The maximum atomic E-state index is 13.3. The Bertz CT molecular complexity index is 964. The van der Waals surface area contributed by atoms with Crippen molar-refractivity contribution in [2.45, 2.75) is 12.3 Å². The molecule has 0 spiro atoms.